The molecule has 1 aromatic carbocycles. The molecule has 0 saturated carbocycles. The van der Waals surface area contributed by atoms with Gasteiger partial charge >= 0.3 is 6.03 Å². The molecule has 1 aromatic rings. The van der Waals surface area contributed by atoms with Gasteiger partial charge in [0.2, 0.25) is 5.91 Å². The minimum Gasteiger partial charge on any atom is -0.486 e. The zero-order valence-corrected chi connectivity index (χ0v) is 13.1. The fourth-order valence-electron chi connectivity index (χ4n) is 3.03. The molecule has 1 saturated heterocycles. The number of nitrogens with zero attached hydrogens (tertiary/aromatic N) is 2. The zero-order valence-electron chi connectivity index (χ0n) is 13.1. The van der Waals surface area contributed by atoms with Crippen molar-refractivity contribution in [3.8, 4) is 5.75 Å². The number of carbonyl (C=O) groups is 2. The van der Waals surface area contributed by atoms with E-state index in [4.69, 9.17) is 4.74 Å². The van der Waals surface area contributed by atoms with Crippen LogP contribution in [0.3, 0.4) is 0 Å². The summed E-state index contributed by atoms with van der Waals surface area (Å²) < 4.78 is 6.02. The van der Waals surface area contributed by atoms with Crippen molar-refractivity contribution in [3.63, 3.8) is 0 Å². The molecule has 2 aliphatic rings. The monoisotopic (exact) mass is 303 g/mol. The molecule has 0 radical (unpaired) electrons. The number of benzene rings is 1. The van der Waals surface area contributed by atoms with Gasteiger partial charge in [0.15, 0.2) is 0 Å². The molecule has 118 valence electrons. The van der Waals surface area contributed by atoms with E-state index in [2.05, 4.69) is 5.32 Å². The topological polar surface area (TPSA) is 61.9 Å². The van der Waals surface area contributed by atoms with Gasteiger partial charge in [0, 0.05) is 19.5 Å². The molecule has 2 aliphatic heterocycles. The molecule has 6 nitrogen and oxygen atoms in total. The Balaban J connectivity index is 1.91. The number of nitrogens with one attached hydrogen (secondary N) is 1. The van der Waals surface area contributed by atoms with Crippen LogP contribution in [-0.4, -0.2) is 48.6 Å². The largest absolute Gasteiger partial charge is 0.486 e. The summed E-state index contributed by atoms with van der Waals surface area (Å²) in [6, 6.07) is 6.82. The molecule has 0 spiro atoms. The number of urea groups is 1. The van der Waals surface area contributed by atoms with E-state index < -0.39 is 6.04 Å². The maximum atomic E-state index is 12.8. The smallest absolute Gasteiger partial charge is 0.318 e. The summed E-state index contributed by atoms with van der Waals surface area (Å²) in [5.74, 6) is 0.616. The van der Waals surface area contributed by atoms with E-state index in [9.17, 15) is 9.59 Å². The molecule has 0 aliphatic carbocycles. The number of likely N-dealkylation sites (N-methyl/N-ethyl adjacent to an activating group) is 1. The van der Waals surface area contributed by atoms with E-state index in [1.165, 1.54) is 0 Å². The van der Waals surface area contributed by atoms with Gasteiger partial charge in [-0.25, -0.2) is 4.79 Å². The molecule has 2 bridgehead atoms. The Labute approximate surface area is 130 Å². The van der Waals surface area contributed by atoms with Gasteiger partial charge in [-0.2, -0.15) is 0 Å². The average molecular weight is 303 g/mol. The van der Waals surface area contributed by atoms with Gasteiger partial charge in [0.05, 0.1) is 12.2 Å². The molecule has 2 atom stereocenters. The second-order valence-electron chi connectivity index (χ2n) is 6.11. The quantitative estimate of drug-likeness (QED) is 0.857. The summed E-state index contributed by atoms with van der Waals surface area (Å²) in [7, 11) is 1.72. The fraction of sp³-hybridized carbons (Fsp3) is 0.500. The van der Waals surface area contributed by atoms with Crippen molar-refractivity contribution in [2.45, 2.75) is 38.5 Å². The van der Waals surface area contributed by atoms with Gasteiger partial charge in [0.25, 0.3) is 0 Å². The van der Waals surface area contributed by atoms with Crippen LogP contribution in [0.1, 0.15) is 20.3 Å². The first-order valence-electron chi connectivity index (χ1n) is 7.57. The van der Waals surface area contributed by atoms with Crippen molar-refractivity contribution in [1.82, 2.24) is 10.2 Å². The second-order valence-corrected chi connectivity index (χ2v) is 6.11. The molecule has 1 N–H and O–H groups in total. The van der Waals surface area contributed by atoms with Gasteiger partial charge < -0.3 is 19.9 Å². The van der Waals surface area contributed by atoms with Crippen molar-refractivity contribution in [3.05, 3.63) is 24.3 Å². The molecule has 1 fully saturated rings. The van der Waals surface area contributed by atoms with Crippen LogP contribution >= 0.6 is 0 Å². The maximum Gasteiger partial charge on any atom is 0.318 e. The number of para-hydroxylation sites is 2. The highest BCUT2D eigenvalue weighted by Crippen LogP contribution is 2.35. The van der Waals surface area contributed by atoms with Crippen LogP contribution < -0.4 is 15.0 Å². The fourth-order valence-corrected chi connectivity index (χ4v) is 3.03. The summed E-state index contributed by atoms with van der Waals surface area (Å²) in [6.45, 7) is 4.23. The number of carbonyl (C=O) groups excluding carboxylic acids is 2. The van der Waals surface area contributed by atoms with Crippen LogP contribution in [0.4, 0.5) is 10.5 Å². The van der Waals surface area contributed by atoms with E-state index in [-0.39, 0.29) is 24.1 Å². The van der Waals surface area contributed by atoms with Crippen molar-refractivity contribution >= 4 is 17.6 Å². The Morgan fingerprint density at radius 3 is 2.82 bits per heavy atom. The molecule has 0 unspecified atom stereocenters. The van der Waals surface area contributed by atoms with Crippen LogP contribution in [0.5, 0.6) is 5.75 Å². The van der Waals surface area contributed by atoms with Crippen LogP contribution in [0.25, 0.3) is 0 Å². The second kappa shape index (κ2) is 5.51. The van der Waals surface area contributed by atoms with Gasteiger partial charge in [-0.05, 0) is 26.0 Å². The highest BCUT2D eigenvalue weighted by molar-refractivity contribution is 6.00. The molecule has 3 amide bonds. The lowest BCUT2D eigenvalue weighted by molar-refractivity contribution is -0.122. The number of rotatable bonds is 1. The standard InChI is InChI=1S/C16H21N3O3/c1-10(2)17-16(21)19-9-11-8-13(19)15(20)18(3)12-6-4-5-7-14(12)22-11/h4-7,10-11,13H,8-9H2,1-3H3,(H,17,21)/t11-,13-/m0/s1. The molecular weight excluding hydrogens is 282 g/mol. The normalized spacial score (nSPS) is 23.7. The predicted molar refractivity (Wildman–Crippen MR) is 83.0 cm³/mol. The number of anilines is 1. The first-order valence-corrected chi connectivity index (χ1v) is 7.57. The number of ether oxygens (including phenoxy) is 1. The first kappa shape index (κ1) is 14.7. The Bertz CT molecular complexity index is 602. The van der Waals surface area contributed by atoms with Gasteiger partial charge in [0.1, 0.15) is 17.9 Å². The third-order valence-corrected chi connectivity index (χ3v) is 4.07. The molecule has 6 heteroatoms. The number of hydrogen-bond acceptors (Lipinski definition) is 3. The molecule has 3 rings (SSSR count). The number of amides is 3. The van der Waals surface area contributed by atoms with Gasteiger partial charge in [-0.1, -0.05) is 12.1 Å². The minimum absolute atomic E-state index is 0.0308. The summed E-state index contributed by atoms with van der Waals surface area (Å²) in [5, 5.41) is 2.86. The number of fused-ring (bicyclic) bond motifs is 3. The summed E-state index contributed by atoms with van der Waals surface area (Å²) in [5.41, 5.74) is 0.744. The zero-order chi connectivity index (χ0) is 15.9. The van der Waals surface area contributed by atoms with Crippen molar-refractivity contribution in [2.24, 2.45) is 0 Å². The van der Waals surface area contributed by atoms with E-state index in [1.54, 1.807) is 16.8 Å². The van der Waals surface area contributed by atoms with Crippen LogP contribution in [-0.2, 0) is 4.79 Å². The highest BCUT2D eigenvalue weighted by atomic mass is 16.5. The SMILES string of the molecule is CC(C)NC(=O)N1C[C@@H]2C[C@H]1C(=O)N(C)c1ccccc1O2. The van der Waals surface area contributed by atoms with E-state index >= 15 is 0 Å². The number of likely N-dealkylation sites (tertiary alicyclic amines) is 1. The highest BCUT2D eigenvalue weighted by Gasteiger charge is 2.44. The first-order chi connectivity index (χ1) is 10.5. The molecular formula is C16H21N3O3. The Morgan fingerprint density at radius 2 is 2.09 bits per heavy atom. The van der Waals surface area contributed by atoms with Crippen molar-refractivity contribution in [2.75, 3.05) is 18.5 Å². The molecule has 2 heterocycles. The third kappa shape index (κ3) is 2.49. The Hall–Kier alpha value is -2.24. The van der Waals surface area contributed by atoms with E-state index in [1.807, 2.05) is 38.1 Å². The summed E-state index contributed by atoms with van der Waals surface area (Å²) in [6.07, 6.45) is 0.380. The Kier molecular flexibility index (Phi) is 3.68. The van der Waals surface area contributed by atoms with Crippen molar-refractivity contribution < 1.29 is 14.3 Å². The van der Waals surface area contributed by atoms with Crippen LogP contribution in [0, 0.1) is 0 Å². The van der Waals surface area contributed by atoms with Gasteiger partial charge in [-0.15, -0.1) is 0 Å². The molecule has 22 heavy (non-hydrogen) atoms. The van der Waals surface area contributed by atoms with E-state index in [0.717, 1.165) is 5.69 Å². The number of hydrogen-bond donors (Lipinski definition) is 1. The molecule has 0 aromatic heterocycles. The maximum absolute atomic E-state index is 12.8. The van der Waals surface area contributed by atoms with Crippen LogP contribution in [0.2, 0.25) is 0 Å². The Morgan fingerprint density at radius 1 is 1.36 bits per heavy atom. The van der Waals surface area contributed by atoms with E-state index in [0.29, 0.717) is 18.7 Å². The lowest BCUT2D eigenvalue weighted by atomic mass is 10.1. The minimum atomic E-state index is -0.470. The van der Waals surface area contributed by atoms with Gasteiger partial charge in [-0.3, -0.25) is 4.79 Å². The lowest BCUT2D eigenvalue weighted by Gasteiger charge is -2.29. The summed E-state index contributed by atoms with van der Waals surface area (Å²) >= 11 is 0. The predicted octanol–water partition coefficient (Wildman–Crippen LogP) is 1.60. The van der Waals surface area contributed by atoms with Crippen LogP contribution in [0.15, 0.2) is 24.3 Å². The average Bonchev–Trinajstić information content (AvgIpc) is 2.89. The third-order valence-electron chi connectivity index (χ3n) is 4.07. The van der Waals surface area contributed by atoms with Crippen molar-refractivity contribution in [1.29, 1.82) is 0 Å². The summed E-state index contributed by atoms with van der Waals surface area (Å²) in [4.78, 5) is 28.3. The lowest BCUT2D eigenvalue weighted by Crippen LogP contribution is -2.51.